The number of nitrogens with zero attached hydrogens (tertiary/aromatic N) is 1. The highest BCUT2D eigenvalue weighted by molar-refractivity contribution is 7.88. The SMILES string of the molecule is N#Cc1ccc(CS(=O)(=O)NCc2cccs2)cc1. The predicted octanol–water partition coefficient (Wildman–Crippen LogP) is 2.24. The van der Waals surface area contributed by atoms with E-state index in [1.807, 2.05) is 23.6 Å². The third-order valence-electron chi connectivity index (χ3n) is 2.49. The molecule has 0 saturated heterocycles. The Hall–Kier alpha value is -1.68. The van der Waals surface area contributed by atoms with Gasteiger partial charge in [0.05, 0.1) is 17.4 Å². The molecule has 0 amide bonds. The van der Waals surface area contributed by atoms with Gasteiger partial charge in [-0.2, -0.15) is 5.26 Å². The molecule has 0 aliphatic rings. The van der Waals surface area contributed by atoms with Gasteiger partial charge in [-0.1, -0.05) is 18.2 Å². The zero-order valence-electron chi connectivity index (χ0n) is 10.0. The van der Waals surface area contributed by atoms with Gasteiger partial charge < -0.3 is 0 Å². The van der Waals surface area contributed by atoms with Crippen LogP contribution < -0.4 is 4.72 Å². The summed E-state index contributed by atoms with van der Waals surface area (Å²) in [6.45, 7) is 0.316. The van der Waals surface area contributed by atoms with Crippen molar-refractivity contribution in [2.24, 2.45) is 0 Å². The molecule has 0 fully saturated rings. The van der Waals surface area contributed by atoms with E-state index in [1.165, 1.54) is 11.3 Å². The molecule has 1 aromatic heterocycles. The lowest BCUT2D eigenvalue weighted by Gasteiger charge is -2.05. The van der Waals surface area contributed by atoms with E-state index in [0.717, 1.165) is 4.88 Å². The summed E-state index contributed by atoms with van der Waals surface area (Å²) >= 11 is 1.51. The third kappa shape index (κ3) is 4.17. The second kappa shape index (κ2) is 5.97. The number of sulfonamides is 1. The monoisotopic (exact) mass is 292 g/mol. The van der Waals surface area contributed by atoms with E-state index in [2.05, 4.69) is 4.72 Å². The summed E-state index contributed by atoms with van der Waals surface area (Å²) in [5.41, 5.74) is 1.19. The molecular weight excluding hydrogens is 280 g/mol. The largest absolute Gasteiger partial charge is 0.216 e. The maximum Gasteiger partial charge on any atom is 0.216 e. The highest BCUT2D eigenvalue weighted by Crippen LogP contribution is 2.10. The molecule has 2 aromatic rings. The first kappa shape index (κ1) is 13.7. The van der Waals surface area contributed by atoms with E-state index >= 15 is 0 Å². The number of nitriles is 1. The van der Waals surface area contributed by atoms with Gasteiger partial charge >= 0.3 is 0 Å². The second-order valence-electron chi connectivity index (χ2n) is 3.97. The highest BCUT2D eigenvalue weighted by atomic mass is 32.2. The summed E-state index contributed by atoms with van der Waals surface area (Å²) in [4.78, 5) is 0.975. The second-order valence-corrected chi connectivity index (χ2v) is 6.81. The van der Waals surface area contributed by atoms with E-state index in [-0.39, 0.29) is 5.75 Å². The smallest absolute Gasteiger partial charge is 0.212 e. The fourth-order valence-electron chi connectivity index (χ4n) is 1.54. The van der Waals surface area contributed by atoms with Gasteiger partial charge in [-0.3, -0.25) is 0 Å². The van der Waals surface area contributed by atoms with Crippen LogP contribution in [0.3, 0.4) is 0 Å². The average molecular weight is 292 g/mol. The maximum atomic E-state index is 11.9. The van der Waals surface area contributed by atoms with Crippen LogP contribution in [-0.2, 0) is 22.3 Å². The number of benzene rings is 1. The number of nitrogens with one attached hydrogen (secondary N) is 1. The van der Waals surface area contributed by atoms with Crippen LogP contribution in [-0.4, -0.2) is 8.42 Å². The molecule has 1 N–H and O–H groups in total. The van der Waals surface area contributed by atoms with Gasteiger partial charge in [0.25, 0.3) is 0 Å². The fourth-order valence-corrected chi connectivity index (χ4v) is 3.38. The average Bonchev–Trinajstić information content (AvgIpc) is 2.90. The van der Waals surface area contributed by atoms with E-state index in [4.69, 9.17) is 5.26 Å². The molecule has 6 heteroatoms. The van der Waals surface area contributed by atoms with Crippen LogP contribution in [0.4, 0.5) is 0 Å². The molecule has 0 atom stereocenters. The van der Waals surface area contributed by atoms with Crippen LogP contribution >= 0.6 is 11.3 Å². The van der Waals surface area contributed by atoms with E-state index in [0.29, 0.717) is 17.7 Å². The van der Waals surface area contributed by atoms with Crippen LogP contribution in [0.2, 0.25) is 0 Å². The Balaban J connectivity index is 1.98. The van der Waals surface area contributed by atoms with Crippen LogP contribution in [0.5, 0.6) is 0 Å². The first-order valence-electron chi connectivity index (χ1n) is 5.58. The number of hydrogen-bond acceptors (Lipinski definition) is 4. The lowest BCUT2D eigenvalue weighted by atomic mass is 10.2. The molecule has 0 aliphatic carbocycles. The predicted molar refractivity (Wildman–Crippen MR) is 74.9 cm³/mol. The quantitative estimate of drug-likeness (QED) is 0.918. The van der Waals surface area contributed by atoms with Crippen molar-refractivity contribution in [3.63, 3.8) is 0 Å². The van der Waals surface area contributed by atoms with Crippen molar-refractivity contribution in [1.82, 2.24) is 4.72 Å². The van der Waals surface area contributed by atoms with E-state index in [9.17, 15) is 8.42 Å². The summed E-state index contributed by atoms with van der Waals surface area (Å²) in [7, 11) is -3.36. The van der Waals surface area contributed by atoms with Crippen molar-refractivity contribution < 1.29 is 8.42 Å². The van der Waals surface area contributed by atoms with Crippen molar-refractivity contribution in [3.8, 4) is 6.07 Å². The summed E-state index contributed by atoms with van der Waals surface area (Å²) < 4.78 is 26.3. The lowest BCUT2D eigenvalue weighted by Crippen LogP contribution is -2.24. The van der Waals surface area contributed by atoms with Gasteiger partial charge in [0, 0.05) is 11.4 Å². The van der Waals surface area contributed by atoms with Gasteiger partial charge in [-0.15, -0.1) is 11.3 Å². The minimum Gasteiger partial charge on any atom is -0.212 e. The molecule has 19 heavy (non-hydrogen) atoms. The van der Waals surface area contributed by atoms with Crippen molar-refractivity contribution in [1.29, 1.82) is 5.26 Å². The fraction of sp³-hybridized carbons (Fsp3) is 0.154. The van der Waals surface area contributed by atoms with Gasteiger partial charge in [-0.25, -0.2) is 13.1 Å². The molecular formula is C13H12N2O2S2. The third-order valence-corrected chi connectivity index (χ3v) is 4.66. The normalized spacial score (nSPS) is 11.1. The zero-order valence-corrected chi connectivity index (χ0v) is 11.7. The van der Waals surface area contributed by atoms with Crippen molar-refractivity contribution in [2.75, 3.05) is 0 Å². The van der Waals surface area contributed by atoms with Crippen molar-refractivity contribution >= 4 is 21.4 Å². The van der Waals surface area contributed by atoms with Crippen LogP contribution in [0.25, 0.3) is 0 Å². The molecule has 0 unspecified atom stereocenters. The van der Waals surface area contributed by atoms with Gasteiger partial charge in [-0.05, 0) is 29.1 Å². The lowest BCUT2D eigenvalue weighted by molar-refractivity contribution is 0.581. The number of thiophene rings is 1. The molecule has 2 rings (SSSR count). The molecule has 0 saturated carbocycles. The minimum absolute atomic E-state index is 0.0793. The molecule has 0 spiro atoms. The topological polar surface area (TPSA) is 70.0 Å². The Morgan fingerprint density at radius 2 is 1.95 bits per heavy atom. The van der Waals surface area contributed by atoms with Crippen molar-refractivity contribution in [2.45, 2.75) is 12.3 Å². The Kier molecular flexibility index (Phi) is 4.32. The summed E-state index contributed by atoms with van der Waals surface area (Å²) in [5, 5.41) is 10.6. The summed E-state index contributed by atoms with van der Waals surface area (Å²) in [5.74, 6) is -0.0793. The van der Waals surface area contributed by atoms with Crippen LogP contribution in [0, 0.1) is 11.3 Å². The number of hydrogen-bond donors (Lipinski definition) is 1. The standard InChI is InChI=1S/C13H12N2O2S2/c14-8-11-3-5-12(6-4-11)10-19(16,17)15-9-13-2-1-7-18-13/h1-7,15H,9-10H2. The first-order valence-corrected chi connectivity index (χ1v) is 8.11. The molecule has 1 heterocycles. The van der Waals surface area contributed by atoms with Gasteiger partial charge in [0.2, 0.25) is 10.0 Å². The highest BCUT2D eigenvalue weighted by Gasteiger charge is 2.11. The Morgan fingerprint density at radius 3 is 2.53 bits per heavy atom. The van der Waals surface area contributed by atoms with Crippen LogP contribution in [0.1, 0.15) is 16.0 Å². The molecule has 0 aliphatic heterocycles. The summed E-state index contributed by atoms with van der Waals surface area (Å²) in [6, 6.07) is 12.3. The first-order chi connectivity index (χ1) is 9.09. The zero-order chi connectivity index (χ0) is 13.7. The molecule has 1 aromatic carbocycles. The molecule has 98 valence electrons. The number of rotatable bonds is 5. The van der Waals surface area contributed by atoms with E-state index in [1.54, 1.807) is 24.3 Å². The molecule has 0 radical (unpaired) electrons. The summed E-state index contributed by atoms with van der Waals surface area (Å²) in [6.07, 6.45) is 0. The molecule has 4 nitrogen and oxygen atoms in total. The van der Waals surface area contributed by atoms with Gasteiger partial charge in [0.15, 0.2) is 0 Å². The Morgan fingerprint density at radius 1 is 1.21 bits per heavy atom. The Labute approximate surface area is 116 Å². The maximum absolute atomic E-state index is 11.9. The van der Waals surface area contributed by atoms with Gasteiger partial charge in [0.1, 0.15) is 0 Å². The Bertz CT molecular complexity index is 668. The van der Waals surface area contributed by atoms with Crippen LogP contribution in [0.15, 0.2) is 41.8 Å². The van der Waals surface area contributed by atoms with E-state index < -0.39 is 10.0 Å². The minimum atomic E-state index is -3.36. The molecule has 0 bridgehead atoms. The van der Waals surface area contributed by atoms with Crippen molar-refractivity contribution in [3.05, 3.63) is 57.8 Å².